The van der Waals surface area contributed by atoms with Crippen LogP contribution in [-0.4, -0.2) is 22.2 Å². The number of hydrogen-bond donors (Lipinski definition) is 1. The number of benzene rings is 1. The Hall–Kier alpha value is -1.81. The van der Waals surface area contributed by atoms with Crippen molar-refractivity contribution < 1.29 is 4.79 Å². The van der Waals surface area contributed by atoms with Crippen LogP contribution >= 0.6 is 11.6 Å². The summed E-state index contributed by atoms with van der Waals surface area (Å²) in [5, 5.41) is 7.91. The number of hydrogen-bond acceptors (Lipinski definition) is 2. The lowest BCUT2D eigenvalue weighted by atomic mass is 9.98. The van der Waals surface area contributed by atoms with E-state index >= 15 is 0 Å². The Morgan fingerprint density at radius 3 is 3.05 bits per heavy atom. The van der Waals surface area contributed by atoms with Crippen molar-refractivity contribution >= 4 is 17.5 Å². The largest absolute Gasteiger partial charge is 0.350 e. The maximum atomic E-state index is 12.0. The standard InChI is InChI=1S/C16H18ClN3O/c17-14-6-3-5-12(10-14)16(21)18-8-9-20-15-7-2-1-4-13(15)11-19-20/h3,5-6,10-11H,1-2,4,7-9H2,(H,18,21). The second-order valence-corrected chi connectivity index (χ2v) is 5.75. The molecule has 1 aliphatic carbocycles. The van der Waals surface area contributed by atoms with Gasteiger partial charge in [0, 0.05) is 22.8 Å². The number of nitrogens with one attached hydrogen (secondary N) is 1. The van der Waals surface area contributed by atoms with Gasteiger partial charge in [0.05, 0.1) is 12.7 Å². The monoisotopic (exact) mass is 303 g/mol. The second kappa shape index (κ2) is 6.31. The molecule has 4 nitrogen and oxygen atoms in total. The van der Waals surface area contributed by atoms with Gasteiger partial charge in [0.1, 0.15) is 0 Å². The highest BCUT2D eigenvalue weighted by Crippen LogP contribution is 2.20. The third-order valence-electron chi connectivity index (χ3n) is 3.84. The Morgan fingerprint density at radius 2 is 2.19 bits per heavy atom. The highest BCUT2D eigenvalue weighted by Gasteiger charge is 2.14. The van der Waals surface area contributed by atoms with E-state index in [0.29, 0.717) is 23.7 Å². The minimum Gasteiger partial charge on any atom is -0.350 e. The zero-order chi connectivity index (χ0) is 14.7. The highest BCUT2D eigenvalue weighted by atomic mass is 35.5. The number of carbonyl (C=O) groups excluding carboxylic acids is 1. The van der Waals surface area contributed by atoms with Gasteiger partial charge in [0.2, 0.25) is 0 Å². The third kappa shape index (κ3) is 3.27. The number of amides is 1. The van der Waals surface area contributed by atoms with Crippen LogP contribution in [0.3, 0.4) is 0 Å². The summed E-state index contributed by atoms with van der Waals surface area (Å²) in [5.74, 6) is -0.0986. The van der Waals surface area contributed by atoms with E-state index in [-0.39, 0.29) is 5.91 Å². The lowest BCUT2D eigenvalue weighted by Gasteiger charge is -2.14. The molecule has 0 fully saturated rings. The summed E-state index contributed by atoms with van der Waals surface area (Å²) in [6.45, 7) is 1.28. The van der Waals surface area contributed by atoms with Gasteiger partial charge in [0.25, 0.3) is 5.91 Å². The second-order valence-electron chi connectivity index (χ2n) is 5.31. The first-order chi connectivity index (χ1) is 10.2. The lowest BCUT2D eigenvalue weighted by Crippen LogP contribution is -2.28. The van der Waals surface area contributed by atoms with Crippen LogP contribution in [0.25, 0.3) is 0 Å². The van der Waals surface area contributed by atoms with E-state index in [0.717, 1.165) is 12.8 Å². The fraction of sp³-hybridized carbons (Fsp3) is 0.375. The summed E-state index contributed by atoms with van der Waals surface area (Å²) in [4.78, 5) is 12.0. The van der Waals surface area contributed by atoms with Crippen molar-refractivity contribution in [3.63, 3.8) is 0 Å². The Bertz CT molecular complexity index is 651. The molecule has 2 aromatic rings. The molecule has 1 aromatic carbocycles. The average molecular weight is 304 g/mol. The summed E-state index contributed by atoms with van der Waals surface area (Å²) in [7, 11) is 0. The van der Waals surface area contributed by atoms with Crippen molar-refractivity contribution in [1.29, 1.82) is 0 Å². The first kappa shape index (κ1) is 14.1. The Balaban J connectivity index is 1.56. The molecule has 1 aliphatic rings. The van der Waals surface area contributed by atoms with Crippen LogP contribution in [0.1, 0.15) is 34.5 Å². The molecule has 0 aliphatic heterocycles. The predicted octanol–water partition coefficient (Wildman–Crippen LogP) is 2.85. The van der Waals surface area contributed by atoms with Gasteiger partial charge in [0.15, 0.2) is 0 Å². The third-order valence-corrected chi connectivity index (χ3v) is 4.08. The van der Waals surface area contributed by atoms with Crippen LogP contribution in [0.5, 0.6) is 0 Å². The zero-order valence-corrected chi connectivity index (χ0v) is 12.6. The van der Waals surface area contributed by atoms with Gasteiger partial charge < -0.3 is 5.32 Å². The molecule has 0 saturated heterocycles. The van der Waals surface area contributed by atoms with Crippen LogP contribution in [0.15, 0.2) is 30.5 Å². The lowest BCUT2D eigenvalue weighted by molar-refractivity contribution is 0.0952. The molecule has 3 rings (SSSR count). The molecule has 0 atom stereocenters. The average Bonchev–Trinajstić information content (AvgIpc) is 2.91. The number of rotatable bonds is 4. The summed E-state index contributed by atoms with van der Waals surface area (Å²) < 4.78 is 2.02. The highest BCUT2D eigenvalue weighted by molar-refractivity contribution is 6.30. The fourth-order valence-electron chi connectivity index (χ4n) is 2.76. The van der Waals surface area contributed by atoms with Crippen molar-refractivity contribution in [2.45, 2.75) is 32.2 Å². The molecular weight excluding hydrogens is 286 g/mol. The van der Waals surface area contributed by atoms with Gasteiger partial charge in [-0.2, -0.15) is 5.10 Å². The number of nitrogens with zero attached hydrogens (tertiary/aromatic N) is 2. The molecule has 1 N–H and O–H groups in total. The summed E-state index contributed by atoms with van der Waals surface area (Å²) in [6.07, 6.45) is 6.67. The van der Waals surface area contributed by atoms with E-state index < -0.39 is 0 Å². The minimum atomic E-state index is -0.0986. The molecule has 0 saturated carbocycles. The normalized spacial score (nSPS) is 13.8. The van der Waals surface area contributed by atoms with Crippen molar-refractivity contribution in [2.75, 3.05) is 6.54 Å². The molecule has 1 heterocycles. The first-order valence-corrected chi connectivity index (χ1v) is 7.69. The van der Waals surface area contributed by atoms with E-state index in [2.05, 4.69) is 10.4 Å². The van der Waals surface area contributed by atoms with Crippen LogP contribution in [0.2, 0.25) is 5.02 Å². The topological polar surface area (TPSA) is 46.9 Å². The SMILES string of the molecule is O=C(NCCn1ncc2c1CCCC2)c1cccc(Cl)c1. The van der Waals surface area contributed by atoms with Crippen molar-refractivity contribution in [3.8, 4) is 0 Å². The van der Waals surface area contributed by atoms with Crippen LogP contribution < -0.4 is 5.32 Å². The Morgan fingerprint density at radius 1 is 1.33 bits per heavy atom. The van der Waals surface area contributed by atoms with Gasteiger partial charge in [-0.3, -0.25) is 9.48 Å². The maximum absolute atomic E-state index is 12.0. The first-order valence-electron chi connectivity index (χ1n) is 7.31. The quantitative estimate of drug-likeness (QED) is 0.944. The summed E-state index contributed by atoms with van der Waals surface area (Å²) in [5.41, 5.74) is 3.28. The fourth-order valence-corrected chi connectivity index (χ4v) is 2.95. The molecule has 1 aromatic heterocycles. The van der Waals surface area contributed by atoms with Crippen LogP contribution in [0, 0.1) is 0 Å². The number of aromatic nitrogens is 2. The molecule has 0 unspecified atom stereocenters. The smallest absolute Gasteiger partial charge is 0.251 e. The Labute approximate surface area is 129 Å². The predicted molar refractivity (Wildman–Crippen MR) is 82.7 cm³/mol. The molecular formula is C16H18ClN3O. The Kier molecular flexibility index (Phi) is 4.25. The van der Waals surface area contributed by atoms with Crippen molar-refractivity contribution in [2.24, 2.45) is 0 Å². The van der Waals surface area contributed by atoms with E-state index in [1.165, 1.54) is 24.1 Å². The van der Waals surface area contributed by atoms with Gasteiger partial charge in [-0.1, -0.05) is 17.7 Å². The zero-order valence-electron chi connectivity index (χ0n) is 11.8. The molecule has 110 valence electrons. The molecule has 0 radical (unpaired) electrons. The van der Waals surface area contributed by atoms with Crippen LogP contribution in [0.4, 0.5) is 0 Å². The van der Waals surface area contributed by atoms with E-state index in [1.807, 2.05) is 10.9 Å². The molecule has 0 bridgehead atoms. The van der Waals surface area contributed by atoms with Gasteiger partial charge in [-0.25, -0.2) is 0 Å². The van der Waals surface area contributed by atoms with Crippen molar-refractivity contribution in [3.05, 3.63) is 52.3 Å². The van der Waals surface area contributed by atoms with Crippen molar-refractivity contribution in [1.82, 2.24) is 15.1 Å². The summed E-state index contributed by atoms with van der Waals surface area (Å²) >= 11 is 5.89. The van der Waals surface area contributed by atoms with Gasteiger partial charge >= 0.3 is 0 Å². The van der Waals surface area contributed by atoms with Gasteiger partial charge in [-0.05, 0) is 49.4 Å². The maximum Gasteiger partial charge on any atom is 0.251 e. The minimum absolute atomic E-state index is 0.0986. The van der Waals surface area contributed by atoms with Gasteiger partial charge in [-0.15, -0.1) is 0 Å². The van der Waals surface area contributed by atoms with E-state index in [9.17, 15) is 4.79 Å². The molecule has 1 amide bonds. The molecule has 21 heavy (non-hydrogen) atoms. The number of halogens is 1. The number of aryl methyl sites for hydroxylation is 1. The number of carbonyl (C=O) groups is 1. The van der Waals surface area contributed by atoms with E-state index in [1.54, 1.807) is 24.3 Å². The molecule has 5 heteroatoms. The molecule has 0 spiro atoms. The summed E-state index contributed by atoms with van der Waals surface area (Å²) in [6, 6.07) is 6.97. The number of fused-ring (bicyclic) bond motifs is 1. The van der Waals surface area contributed by atoms with Crippen LogP contribution in [-0.2, 0) is 19.4 Å². The van der Waals surface area contributed by atoms with E-state index in [4.69, 9.17) is 11.6 Å².